The van der Waals surface area contributed by atoms with Crippen LogP contribution >= 0.6 is 11.3 Å². The number of para-hydroxylation sites is 1. The first kappa shape index (κ1) is 12.8. The summed E-state index contributed by atoms with van der Waals surface area (Å²) in [5, 5.41) is 13.6. The molecular weight excluding hydrogens is 274 g/mol. The van der Waals surface area contributed by atoms with Gasteiger partial charge < -0.3 is 10.3 Å². The monoisotopic (exact) mass is 287 g/mol. The van der Waals surface area contributed by atoms with Gasteiger partial charge in [0.15, 0.2) is 0 Å². The minimum Gasteiger partial charge on any atom is -0.315 e. The van der Waals surface area contributed by atoms with E-state index in [1.54, 1.807) is 11.0 Å². The largest absolute Gasteiger partial charge is 0.315 e. The molecule has 2 N–H and O–H groups in total. The second kappa shape index (κ2) is 5.81. The zero-order valence-corrected chi connectivity index (χ0v) is 11.4. The highest BCUT2D eigenvalue weighted by Crippen LogP contribution is 2.04. The average molecular weight is 287 g/mol. The number of thiazole rings is 1. The standard InChI is InChI=1S/C13H13N5OS/c19-13-16-11(9-20-13)7-14-6-10-8-15-18(17-10)12-4-2-1-3-5-12/h1-5,8-9,14H,6-7H2,(H,16,19). The van der Waals surface area contributed by atoms with Gasteiger partial charge in [0.2, 0.25) is 0 Å². The van der Waals surface area contributed by atoms with E-state index in [2.05, 4.69) is 20.5 Å². The molecule has 1 aromatic carbocycles. The first-order valence-corrected chi connectivity index (χ1v) is 7.03. The molecule has 3 rings (SSSR count). The van der Waals surface area contributed by atoms with E-state index in [1.807, 2.05) is 35.7 Å². The van der Waals surface area contributed by atoms with Crippen molar-refractivity contribution < 1.29 is 0 Å². The van der Waals surface area contributed by atoms with E-state index in [0.717, 1.165) is 17.1 Å². The number of H-pyrrole nitrogens is 1. The Hall–Kier alpha value is -2.25. The predicted molar refractivity (Wildman–Crippen MR) is 76.8 cm³/mol. The van der Waals surface area contributed by atoms with Crippen molar-refractivity contribution in [3.63, 3.8) is 0 Å². The molecule has 102 valence electrons. The van der Waals surface area contributed by atoms with Crippen LogP contribution in [0.3, 0.4) is 0 Å². The van der Waals surface area contributed by atoms with E-state index in [1.165, 1.54) is 11.3 Å². The first-order valence-electron chi connectivity index (χ1n) is 6.15. The van der Waals surface area contributed by atoms with E-state index in [4.69, 9.17) is 0 Å². The smallest absolute Gasteiger partial charge is 0.304 e. The first-order chi connectivity index (χ1) is 9.81. The predicted octanol–water partition coefficient (Wildman–Crippen LogP) is 1.31. The summed E-state index contributed by atoms with van der Waals surface area (Å²) in [5.74, 6) is 0. The lowest BCUT2D eigenvalue weighted by Crippen LogP contribution is -2.14. The summed E-state index contributed by atoms with van der Waals surface area (Å²) in [5.41, 5.74) is 2.67. The van der Waals surface area contributed by atoms with Crippen LogP contribution in [-0.4, -0.2) is 20.0 Å². The molecule has 0 aliphatic rings. The van der Waals surface area contributed by atoms with Gasteiger partial charge in [-0.1, -0.05) is 29.5 Å². The zero-order chi connectivity index (χ0) is 13.8. The van der Waals surface area contributed by atoms with Crippen molar-refractivity contribution in [2.75, 3.05) is 0 Å². The van der Waals surface area contributed by atoms with Crippen LogP contribution in [0.1, 0.15) is 11.4 Å². The van der Waals surface area contributed by atoms with Crippen LogP contribution < -0.4 is 10.2 Å². The van der Waals surface area contributed by atoms with Gasteiger partial charge in [-0.25, -0.2) is 0 Å². The Morgan fingerprint density at radius 3 is 2.85 bits per heavy atom. The number of aromatic nitrogens is 4. The van der Waals surface area contributed by atoms with E-state index in [0.29, 0.717) is 13.1 Å². The number of aromatic amines is 1. The number of hydrogen-bond acceptors (Lipinski definition) is 5. The van der Waals surface area contributed by atoms with Crippen LogP contribution in [0, 0.1) is 0 Å². The Kier molecular flexibility index (Phi) is 3.71. The molecule has 0 saturated heterocycles. The molecule has 2 heterocycles. The lowest BCUT2D eigenvalue weighted by molar-refractivity contribution is 0.654. The molecular formula is C13H13N5OS. The van der Waals surface area contributed by atoms with E-state index < -0.39 is 0 Å². The Labute approximate surface area is 119 Å². The fourth-order valence-corrected chi connectivity index (χ4v) is 2.37. The fourth-order valence-electron chi connectivity index (χ4n) is 1.79. The fraction of sp³-hybridized carbons (Fsp3) is 0.154. The molecule has 20 heavy (non-hydrogen) atoms. The minimum absolute atomic E-state index is 0.0307. The van der Waals surface area contributed by atoms with Crippen LogP contribution in [0.2, 0.25) is 0 Å². The molecule has 0 spiro atoms. The molecule has 7 heteroatoms. The Bertz CT molecular complexity index is 730. The van der Waals surface area contributed by atoms with Gasteiger partial charge in [0.05, 0.1) is 17.6 Å². The molecule has 0 aliphatic carbocycles. The second-order valence-electron chi connectivity index (χ2n) is 4.24. The van der Waals surface area contributed by atoms with Gasteiger partial charge in [-0.15, -0.1) is 0 Å². The summed E-state index contributed by atoms with van der Waals surface area (Å²) in [7, 11) is 0. The number of nitrogens with one attached hydrogen (secondary N) is 2. The third-order valence-electron chi connectivity index (χ3n) is 2.72. The molecule has 6 nitrogen and oxygen atoms in total. The summed E-state index contributed by atoms with van der Waals surface area (Å²) in [6, 6.07) is 9.75. The number of hydrogen-bond donors (Lipinski definition) is 2. The molecule has 0 radical (unpaired) electrons. The minimum atomic E-state index is -0.0307. The Morgan fingerprint density at radius 2 is 2.10 bits per heavy atom. The summed E-state index contributed by atoms with van der Waals surface area (Å²) in [6.07, 6.45) is 1.73. The van der Waals surface area contributed by atoms with E-state index in [9.17, 15) is 4.79 Å². The Morgan fingerprint density at radius 1 is 1.25 bits per heavy atom. The molecule has 0 atom stereocenters. The lowest BCUT2D eigenvalue weighted by Gasteiger charge is -2.00. The summed E-state index contributed by atoms with van der Waals surface area (Å²) < 4.78 is 0. The van der Waals surface area contributed by atoms with Crippen LogP contribution in [0.4, 0.5) is 0 Å². The van der Waals surface area contributed by atoms with Gasteiger partial charge >= 0.3 is 4.87 Å². The second-order valence-corrected chi connectivity index (χ2v) is 5.08. The topological polar surface area (TPSA) is 75.6 Å². The molecule has 0 saturated carbocycles. The van der Waals surface area contributed by atoms with Gasteiger partial charge in [0.25, 0.3) is 0 Å². The van der Waals surface area contributed by atoms with Gasteiger partial charge in [-0.2, -0.15) is 15.0 Å². The molecule has 0 unspecified atom stereocenters. The maximum absolute atomic E-state index is 11.0. The third-order valence-corrected chi connectivity index (χ3v) is 3.44. The normalized spacial score (nSPS) is 10.8. The number of rotatable bonds is 5. The highest BCUT2D eigenvalue weighted by molar-refractivity contribution is 7.07. The number of benzene rings is 1. The maximum atomic E-state index is 11.0. The summed E-state index contributed by atoms with van der Waals surface area (Å²) in [4.78, 5) is 15.3. The quantitative estimate of drug-likeness (QED) is 0.742. The van der Waals surface area contributed by atoms with Gasteiger partial charge in [-0.3, -0.25) is 4.79 Å². The lowest BCUT2D eigenvalue weighted by atomic mass is 10.3. The average Bonchev–Trinajstić information content (AvgIpc) is 3.09. The van der Waals surface area contributed by atoms with Gasteiger partial charge in [0.1, 0.15) is 0 Å². The van der Waals surface area contributed by atoms with Crippen LogP contribution in [0.5, 0.6) is 0 Å². The van der Waals surface area contributed by atoms with Crippen molar-refractivity contribution in [3.8, 4) is 5.69 Å². The van der Waals surface area contributed by atoms with E-state index >= 15 is 0 Å². The number of nitrogens with zero attached hydrogens (tertiary/aromatic N) is 3. The van der Waals surface area contributed by atoms with Crippen LogP contribution in [0.15, 0.2) is 46.7 Å². The molecule has 0 amide bonds. The van der Waals surface area contributed by atoms with Crippen molar-refractivity contribution in [3.05, 3.63) is 63.0 Å². The van der Waals surface area contributed by atoms with Crippen LogP contribution in [-0.2, 0) is 13.1 Å². The highest BCUT2D eigenvalue weighted by Gasteiger charge is 2.02. The van der Waals surface area contributed by atoms with Crippen molar-refractivity contribution in [1.29, 1.82) is 0 Å². The van der Waals surface area contributed by atoms with Gasteiger partial charge in [-0.05, 0) is 12.1 Å². The zero-order valence-electron chi connectivity index (χ0n) is 10.6. The highest BCUT2D eigenvalue weighted by atomic mass is 32.1. The molecule has 2 aromatic heterocycles. The van der Waals surface area contributed by atoms with Crippen molar-refractivity contribution >= 4 is 11.3 Å². The third kappa shape index (κ3) is 3.01. The van der Waals surface area contributed by atoms with Crippen LogP contribution in [0.25, 0.3) is 5.69 Å². The van der Waals surface area contributed by atoms with Gasteiger partial charge in [0, 0.05) is 24.2 Å². The SMILES string of the molecule is O=c1[nH]c(CNCc2cnn(-c3ccccc3)n2)cs1. The molecule has 0 bridgehead atoms. The Balaban J connectivity index is 1.59. The summed E-state index contributed by atoms with van der Waals surface area (Å²) in [6.45, 7) is 1.21. The molecule has 0 fully saturated rings. The van der Waals surface area contributed by atoms with E-state index in [-0.39, 0.29) is 4.87 Å². The van der Waals surface area contributed by atoms with Crippen molar-refractivity contribution in [2.45, 2.75) is 13.1 Å². The molecule has 3 aromatic rings. The molecule has 0 aliphatic heterocycles. The van der Waals surface area contributed by atoms with Crippen molar-refractivity contribution in [2.24, 2.45) is 0 Å². The maximum Gasteiger partial charge on any atom is 0.304 e. The van der Waals surface area contributed by atoms with Crippen molar-refractivity contribution in [1.82, 2.24) is 25.3 Å². The summed E-state index contributed by atoms with van der Waals surface area (Å²) >= 11 is 1.17.